The largest absolute Gasteiger partial charge is 0.416 e. The van der Waals surface area contributed by atoms with E-state index in [4.69, 9.17) is 0 Å². The van der Waals surface area contributed by atoms with Gasteiger partial charge in [-0.25, -0.2) is 4.68 Å². The highest BCUT2D eigenvalue weighted by Crippen LogP contribution is 2.31. The van der Waals surface area contributed by atoms with Gasteiger partial charge >= 0.3 is 6.18 Å². The maximum Gasteiger partial charge on any atom is 0.416 e. The summed E-state index contributed by atoms with van der Waals surface area (Å²) in [6.07, 6.45) is -4.42. The Hall–Kier alpha value is -2.35. The molecule has 2 aromatic rings. The zero-order valence-corrected chi connectivity index (χ0v) is 16.0. The maximum atomic E-state index is 12.8. The summed E-state index contributed by atoms with van der Waals surface area (Å²) in [7, 11) is 0. The van der Waals surface area contributed by atoms with Gasteiger partial charge in [-0.3, -0.25) is 4.79 Å². The Balaban J connectivity index is 2.47. The van der Waals surface area contributed by atoms with E-state index in [-0.39, 0.29) is 12.3 Å². The molecule has 0 atom stereocenters. The lowest BCUT2D eigenvalue weighted by molar-refractivity contribution is -0.137. The summed E-state index contributed by atoms with van der Waals surface area (Å²) in [5.74, 6) is -0.467. The van der Waals surface area contributed by atoms with E-state index in [9.17, 15) is 23.1 Å². The molecule has 0 fully saturated rings. The van der Waals surface area contributed by atoms with Crippen molar-refractivity contribution in [1.82, 2.24) is 15.1 Å². The quantitative estimate of drug-likeness (QED) is 0.846. The Bertz CT molecular complexity index is 816. The van der Waals surface area contributed by atoms with Crippen LogP contribution >= 0.6 is 0 Å². The van der Waals surface area contributed by atoms with Crippen LogP contribution in [0.25, 0.3) is 5.69 Å². The van der Waals surface area contributed by atoms with Crippen molar-refractivity contribution in [3.8, 4) is 5.69 Å². The lowest BCUT2D eigenvalue weighted by Gasteiger charge is -2.22. The molecule has 0 saturated heterocycles. The maximum absolute atomic E-state index is 12.8. The number of rotatable bonds is 4. The number of halogens is 3. The molecule has 0 aliphatic carbocycles. The number of benzene rings is 1. The number of aliphatic hydroxyl groups excluding tert-OH is 1. The van der Waals surface area contributed by atoms with Crippen molar-refractivity contribution >= 4 is 5.91 Å². The third-order valence-electron chi connectivity index (χ3n) is 4.00. The standard InChI is InChI=1S/C19H24F3N3O2/c1-17(2,3)15-10-14(16(27)23-18(4,5)11-26)24-25(15)13-8-6-12(7-9-13)19(20,21)22/h6-10,26H,11H2,1-5H3,(H,23,27). The van der Waals surface area contributed by atoms with Gasteiger partial charge in [-0.2, -0.15) is 18.3 Å². The predicted octanol–water partition coefficient (Wildman–Crippen LogP) is 3.69. The van der Waals surface area contributed by atoms with Crippen molar-refractivity contribution in [2.75, 3.05) is 6.61 Å². The Morgan fingerprint density at radius 1 is 1.11 bits per heavy atom. The van der Waals surface area contributed by atoms with E-state index in [0.717, 1.165) is 12.1 Å². The van der Waals surface area contributed by atoms with Gasteiger partial charge in [0, 0.05) is 5.41 Å². The molecule has 0 spiro atoms. The molecule has 0 saturated carbocycles. The molecule has 1 aromatic heterocycles. The number of hydrogen-bond acceptors (Lipinski definition) is 3. The molecule has 8 heteroatoms. The van der Waals surface area contributed by atoms with E-state index in [1.807, 2.05) is 20.8 Å². The van der Waals surface area contributed by atoms with Crippen molar-refractivity contribution in [3.05, 3.63) is 47.3 Å². The fraction of sp³-hybridized carbons (Fsp3) is 0.474. The fourth-order valence-electron chi connectivity index (χ4n) is 2.43. The summed E-state index contributed by atoms with van der Waals surface area (Å²) in [6, 6.07) is 6.23. The highest BCUT2D eigenvalue weighted by molar-refractivity contribution is 5.93. The van der Waals surface area contributed by atoms with Gasteiger partial charge in [0.15, 0.2) is 5.69 Å². The Labute approximate surface area is 156 Å². The Morgan fingerprint density at radius 2 is 1.67 bits per heavy atom. The molecule has 27 heavy (non-hydrogen) atoms. The minimum Gasteiger partial charge on any atom is -0.394 e. The van der Waals surface area contributed by atoms with E-state index in [2.05, 4.69) is 10.4 Å². The van der Waals surface area contributed by atoms with Gasteiger partial charge in [-0.1, -0.05) is 20.8 Å². The molecule has 0 radical (unpaired) electrons. The molecule has 1 heterocycles. The number of aliphatic hydroxyl groups is 1. The van der Waals surface area contributed by atoms with Crippen LogP contribution < -0.4 is 5.32 Å². The molecule has 148 valence electrons. The molecule has 0 bridgehead atoms. The molecule has 1 amide bonds. The average molecular weight is 383 g/mol. The monoisotopic (exact) mass is 383 g/mol. The topological polar surface area (TPSA) is 67.2 Å². The van der Waals surface area contributed by atoms with Gasteiger partial charge in [0.05, 0.1) is 29.1 Å². The van der Waals surface area contributed by atoms with Gasteiger partial charge in [0.2, 0.25) is 0 Å². The SMILES string of the molecule is CC(C)(CO)NC(=O)c1cc(C(C)(C)C)n(-c2ccc(C(F)(F)F)cc2)n1. The lowest BCUT2D eigenvalue weighted by Crippen LogP contribution is -2.46. The molecule has 0 unspecified atom stereocenters. The van der Waals surface area contributed by atoms with Crippen LogP contribution in [-0.2, 0) is 11.6 Å². The first-order chi connectivity index (χ1) is 12.2. The van der Waals surface area contributed by atoms with Crippen LogP contribution in [0.5, 0.6) is 0 Å². The molecule has 1 aromatic carbocycles. The second-order valence-corrected chi connectivity index (χ2v) is 8.12. The second kappa shape index (κ2) is 6.99. The van der Waals surface area contributed by atoms with Gasteiger partial charge < -0.3 is 10.4 Å². The van der Waals surface area contributed by atoms with Crippen LogP contribution in [0.15, 0.2) is 30.3 Å². The molecular weight excluding hydrogens is 359 g/mol. The number of carbonyl (C=O) groups excluding carboxylic acids is 1. The fourth-order valence-corrected chi connectivity index (χ4v) is 2.43. The first kappa shape index (κ1) is 21.0. The summed E-state index contributed by atoms with van der Waals surface area (Å²) in [5.41, 5.74) is -0.750. The zero-order chi connectivity index (χ0) is 20.6. The van der Waals surface area contributed by atoms with E-state index >= 15 is 0 Å². The summed E-state index contributed by atoms with van der Waals surface area (Å²) >= 11 is 0. The number of amides is 1. The molecular formula is C19H24F3N3O2. The number of nitrogens with one attached hydrogen (secondary N) is 1. The van der Waals surface area contributed by atoms with Crippen LogP contribution in [0.2, 0.25) is 0 Å². The van der Waals surface area contributed by atoms with E-state index in [0.29, 0.717) is 11.4 Å². The lowest BCUT2D eigenvalue weighted by atomic mass is 9.91. The number of alkyl halides is 3. The molecule has 5 nitrogen and oxygen atoms in total. The van der Waals surface area contributed by atoms with Crippen LogP contribution in [0.3, 0.4) is 0 Å². The van der Waals surface area contributed by atoms with Crippen LogP contribution in [0.1, 0.15) is 56.4 Å². The first-order valence-corrected chi connectivity index (χ1v) is 8.46. The summed E-state index contributed by atoms with van der Waals surface area (Å²) in [5, 5.41) is 16.3. The number of hydrogen-bond donors (Lipinski definition) is 2. The van der Waals surface area contributed by atoms with E-state index < -0.39 is 28.6 Å². The van der Waals surface area contributed by atoms with E-state index in [1.54, 1.807) is 19.9 Å². The molecule has 0 aliphatic rings. The van der Waals surface area contributed by atoms with Crippen molar-refractivity contribution in [1.29, 1.82) is 0 Å². The summed E-state index contributed by atoms with van der Waals surface area (Å²) in [4.78, 5) is 12.5. The normalized spacial score (nSPS) is 12.9. The second-order valence-electron chi connectivity index (χ2n) is 8.12. The number of aromatic nitrogens is 2. The predicted molar refractivity (Wildman–Crippen MR) is 95.9 cm³/mol. The first-order valence-electron chi connectivity index (χ1n) is 8.46. The van der Waals surface area contributed by atoms with Crippen molar-refractivity contribution in [2.24, 2.45) is 0 Å². The van der Waals surface area contributed by atoms with Crippen molar-refractivity contribution in [3.63, 3.8) is 0 Å². The molecule has 2 rings (SSSR count). The van der Waals surface area contributed by atoms with Crippen LogP contribution in [0, 0.1) is 0 Å². The average Bonchev–Trinajstić information content (AvgIpc) is 2.99. The Kier molecular flexibility index (Phi) is 5.43. The minimum atomic E-state index is -4.42. The van der Waals surface area contributed by atoms with Gasteiger partial charge in [-0.05, 0) is 44.2 Å². The van der Waals surface area contributed by atoms with Gasteiger partial charge in [0.1, 0.15) is 0 Å². The third kappa shape index (κ3) is 4.88. The third-order valence-corrected chi connectivity index (χ3v) is 4.00. The van der Waals surface area contributed by atoms with E-state index in [1.165, 1.54) is 16.8 Å². The van der Waals surface area contributed by atoms with Gasteiger partial charge in [0.25, 0.3) is 5.91 Å². The number of nitrogens with zero attached hydrogens (tertiary/aromatic N) is 2. The number of carbonyl (C=O) groups is 1. The van der Waals surface area contributed by atoms with Crippen molar-refractivity contribution in [2.45, 2.75) is 51.7 Å². The van der Waals surface area contributed by atoms with Gasteiger partial charge in [-0.15, -0.1) is 0 Å². The smallest absolute Gasteiger partial charge is 0.394 e. The van der Waals surface area contributed by atoms with Crippen molar-refractivity contribution < 1.29 is 23.1 Å². The minimum absolute atomic E-state index is 0.126. The van der Waals surface area contributed by atoms with Crippen LogP contribution in [-0.4, -0.2) is 32.9 Å². The zero-order valence-electron chi connectivity index (χ0n) is 16.0. The van der Waals surface area contributed by atoms with Crippen LogP contribution in [0.4, 0.5) is 13.2 Å². The Morgan fingerprint density at radius 3 is 2.11 bits per heavy atom. The summed E-state index contributed by atoms with van der Waals surface area (Å²) < 4.78 is 39.9. The molecule has 2 N–H and O–H groups in total. The molecule has 0 aliphatic heterocycles. The highest BCUT2D eigenvalue weighted by Gasteiger charge is 2.31. The summed E-state index contributed by atoms with van der Waals surface area (Å²) in [6.45, 7) is 8.85. The highest BCUT2D eigenvalue weighted by atomic mass is 19.4.